The monoisotopic (exact) mass is 244 g/mol. The van der Waals surface area contributed by atoms with Crippen molar-refractivity contribution in [2.24, 2.45) is 11.7 Å². The number of nitrogens with zero attached hydrogens (tertiary/aromatic N) is 1. The van der Waals surface area contributed by atoms with Crippen molar-refractivity contribution in [1.29, 1.82) is 0 Å². The Kier molecular flexibility index (Phi) is 3.67. The summed E-state index contributed by atoms with van der Waals surface area (Å²) in [7, 11) is 0. The van der Waals surface area contributed by atoms with E-state index in [0.29, 0.717) is 0 Å². The third-order valence-corrected chi connectivity index (χ3v) is 4.85. The van der Waals surface area contributed by atoms with Gasteiger partial charge in [0.05, 0.1) is 0 Å². The SMILES string of the molecule is NCC1CCCC1N1CCc2ccccc2CC1. The molecule has 2 aliphatic rings. The zero-order chi connectivity index (χ0) is 12.4. The second-order valence-electron chi connectivity index (χ2n) is 5.80. The number of benzene rings is 1. The van der Waals surface area contributed by atoms with Crippen LogP contribution in [-0.2, 0) is 12.8 Å². The average molecular weight is 244 g/mol. The average Bonchev–Trinajstić information content (AvgIpc) is 2.78. The normalized spacial score (nSPS) is 28.9. The summed E-state index contributed by atoms with van der Waals surface area (Å²) in [5.41, 5.74) is 9.04. The van der Waals surface area contributed by atoms with Gasteiger partial charge in [-0.3, -0.25) is 4.90 Å². The summed E-state index contributed by atoms with van der Waals surface area (Å²) < 4.78 is 0. The van der Waals surface area contributed by atoms with Crippen LogP contribution in [0.1, 0.15) is 30.4 Å². The second kappa shape index (κ2) is 5.41. The third kappa shape index (κ3) is 2.32. The Labute approximate surface area is 110 Å². The van der Waals surface area contributed by atoms with E-state index in [1.807, 2.05) is 0 Å². The first-order valence-electron chi connectivity index (χ1n) is 7.39. The van der Waals surface area contributed by atoms with Crippen LogP contribution in [-0.4, -0.2) is 30.6 Å². The molecule has 2 N–H and O–H groups in total. The Morgan fingerprint density at radius 1 is 1.06 bits per heavy atom. The van der Waals surface area contributed by atoms with Gasteiger partial charge in [-0.05, 0) is 49.3 Å². The molecule has 98 valence electrons. The van der Waals surface area contributed by atoms with Crippen molar-refractivity contribution in [3.8, 4) is 0 Å². The van der Waals surface area contributed by atoms with E-state index >= 15 is 0 Å². The largest absolute Gasteiger partial charge is 0.330 e. The number of rotatable bonds is 2. The molecule has 0 bridgehead atoms. The molecule has 1 heterocycles. The number of hydrogen-bond acceptors (Lipinski definition) is 2. The lowest BCUT2D eigenvalue weighted by molar-refractivity contribution is 0.169. The van der Waals surface area contributed by atoms with Gasteiger partial charge in [0.1, 0.15) is 0 Å². The van der Waals surface area contributed by atoms with Crippen molar-refractivity contribution in [1.82, 2.24) is 4.90 Å². The second-order valence-corrected chi connectivity index (χ2v) is 5.80. The molecule has 0 radical (unpaired) electrons. The number of hydrogen-bond donors (Lipinski definition) is 1. The lowest BCUT2D eigenvalue weighted by atomic mass is 10.0. The maximum absolute atomic E-state index is 5.93. The first-order chi connectivity index (χ1) is 8.88. The van der Waals surface area contributed by atoms with Gasteiger partial charge in [-0.2, -0.15) is 0 Å². The van der Waals surface area contributed by atoms with Crippen molar-refractivity contribution >= 4 is 0 Å². The minimum Gasteiger partial charge on any atom is -0.330 e. The third-order valence-electron chi connectivity index (χ3n) is 4.85. The Morgan fingerprint density at radius 2 is 1.72 bits per heavy atom. The first kappa shape index (κ1) is 12.2. The molecule has 1 saturated carbocycles. The van der Waals surface area contributed by atoms with Crippen LogP contribution in [0.4, 0.5) is 0 Å². The predicted octanol–water partition coefficient (Wildman–Crippen LogP) is 2.21. The summed E-state index contributed by atoms with van der Waals surface area (Å²) in [6, 6.07) is 9.70. The molecule has 1 aromatic rings. The fourth-order valence-electron chi connectivity index (χ4n) is 3.79. The highest BCUT2D eigenvalue weighted by Crippen LogP contribution is 2.30. The van der Waals surface area contributed by atoms with Gasteiger partial charge < -0.3 is 5.73 Å². The standard InChI is InChI=1S/C16H24N2/c17-12-15-6-3-7-16(15)18-10-8-13-4-1-2-5-14(13)9-11-18/h1-2,4-5,15-16H,3,6-12,17H2. The van der Waals surface area contributed by atoms with Crippen LogP contribution in [0.15, 0.2) is 24.3 Å². The molecule has 1 aromatic carbocycles. The summed E-state index contributed by atoms with van der Waals surface area (Å²) >= 11 is 0. The Balaban J connectivity index is 1.71. The van der Waals surface area contributed by atoms with E-state index in [1.165, 1.54) is 45.2 Å². The molecule has 1 fully saturated rings. The topological polar surface area (TPSA) is 29.3 Å². The Hall–Kier alpha value is -0.860. The van der Waals surface area contributed by atoms with Crippen LogP contribution in [0.25, 0.3) is 0 Å². The highest BCUT2D eigenvalue weighted by molar-refractivity contribution is 5.28. The minimum atomic E-state index is 0.742. The lowest BCUT2D eigenvalue weighted by Crippen LogP contribution is -2.41. The van der Waals surface area contributed by atoms with Crippen LogP contribution >= 0.6 is 0 Å². The predicted molar refractivity (Wildman–Crippen MR) is 75.6 cm³/mol. The molecule has 3 rings (SSSR count). The summed E-state index contributed by atoms with van der Waals surface area (Å²) in [6.45, 7) is 3.31. The molecule has 2 nitrogen and oxygen atoms in total. The molecular weight excluding hydrogens is 220 g/mol. The van der Waals surface area contributed by atoms with Gasteiger partial charge in [0.25, 0.3) is 0 Å². The number of fused-ring (bicyclic) bond motifs is 1. The fraction of sp³-hybridized carbons (Fsp3) is 0.625. The highest BCUT2D eigenvalue weighted by atomic mass is 15.2. The molecule has 0 aromatic heterocycles. The van der Waals surface area contributed by atoms with Crippen molar-refractivity contribution in [2.75, 3.05) is 19.6 Å². The zero-order valence-electron chi connectivity index (χ0n) is 11.1. The summed E-state index contributed by atoms with van der Waals surface area (Å²) in [6.07, 6.45) is 6.49. The number of nitrogens with two attached hydrogens (primary N) is 1. The van der Waals surface area contributed by atoms with Crippen molar-refractivity contribution < 1.29 is 0 Å². The molecule has 0 saturated heterocycles. The minimum absolute atomic E-state index is 0.742. The van der Waals surface area contributed by atoms with Gasteiger partial charge in [-0.15, -0.1) is 0 Å². The highest BCUT2D eigenvalue weighted by Gasteiger charge is 2.31. The van der Waals surface area contributed by atoms with Crippen LogP contribution in [0, 0.1) is 5.92 Å². The van der Waals surface area contributed by atoms with E-state index in [9.17, 15) is 0 Å². The van der Waals surface area contributed by atoms with Crippen LogP contribution in [0.5, 0.6) is 0 Å². The molecule has 2 unspecified atom stereocenters. The van der Waals surface area contributed by atoms with Crippen LogP contribution in [0.2, 0.25) is 0 Å². The van der Waals surface area contributed by atoms with E-state index in [-0.39, 0.29) is 0 Å². The smallest absolute Gasteiger partial charge is 0.0136 e. The quantitative estimate of drug-likeness (QED) is 0.864. The van der Waals surface area contributed by atoms with Crippen LogP contribution < -0.4 is 5.73 Å². The molecule has 1 aliphatic heterocycles. The van der Waals surface area contributed by atoms with E-state index in [2.05, 4.69) is 29.2 Å². The summed E-state index contributed by atoms with van der Waals surface area (Å²) in [5, 5.41) is 0. The van der Waals surface area contributed by atoms with E-state index in [1.54, 1.807) is 11.1 Å². The van der Waals surface area contributed by atoms with Gasteiger partial charge in [0.15, 0.2) is 0 Å². The molecular formula is C16H24N2. The molecule has 18 heavy (non-hydrogen) atoms. The van der Waals surface area contributed by atoms with Crippen LogP contribution in [0.3, 0.4) is 0 Å². The molecule has 0 amide bonds. The lowest BCUT2D eigenvalue weighted by Gasteiger charge is -2.31. The van der Waals surface area contributed by atoms with Gasteiger partial charge in [-0.25, -0.2) is 0 Å². The summed E-state index contributed by atoms with van der Waals surface area (Å²) in [4.78, 5) is 2.71. The van der Waals surface area contributed by atoms with E-state index in [4.69, 9.17) is 5.73 Å². The van der Waals surface area contributed by atoms with Gasteiger partial charge >= 0.3 is 0 Å². The molecule has 0 spiro atoms. The zero-order valence-corrected chi connectivity index (χ0v) is 11.1. The van der Waals surface area contributed by atoms with Crippen molar-refractivity contribution in [3.63, 3.8) is 0 Å². The van der Waals surface area contributed by atoms with Gasteiger partial charge in [0, 0.05) is 19.1 Å². The Bertz CT molecular complexity index is 375. The molecule has 2 heteroatoms. The molecule has 1 aliphatic carbocycles. The first-order valence-corrected chi connectivity index (χ1v) is 7.39. The maximum atomic E-state index is 5.93. The Morgan fingerprint density at radius 3 is 2.33 bits per heavy atom. The van der Waals surface area contributed by atoms with Crippen molar-refractivity contribution in [3.05, 3.63) is 35.4 Å². The summed E-state index contributed by atoms with van der Waals surface area (Å²) in [5.74, 6) is 0.742. The van der Waals surface area contributed by atoms with E-state index in [0.717, 1.165) is 18.5 Å². The fourth-order valence-corrected chi connectivity index (χ4v) is 3.79. The van der Waals surface area contributed by atoms with Crippen molar-refractivity contribution in [2.45, 2.75) is 38.1 Å². The van der Waals surface area contributed by atoms with Gasteiger partial charge in [-0.1, -0.05) is 30.7 Å². The van der Waals surface area contributed by atoms with E-state index < -0.39 is 0 Å². The van der Waals surface area contributed by atoms with Gasteiger partial charge in [0.2, 0.25) is 0 Å². The maximum Gasteiger partial charge on any atom is 0.0136 e. The molecule has 2 atom stereocenters.